The minimum absolute atomic E-state index is 0.0340. The quantitative estimate of drug-likeness (QED) is 0.162. The van der Waals surface area contributed by atoms with Gasteiger partial charge in [0.15, 0.2) is 0 Å². The van der Waals surface area contributed by atoms with Crippen molar-refractivity contribution in [3.05, 3.63) is 165 Å². The van der Waals surface area contributed by atoms with Gasteiger partial charge >= 0.3 is 99.2 Å². The van der Waals surface area contributed by atoms with E-state index in [0.29, 0.717) is 5.92 Å². The molecule has 0 spiro atoms. The van der Waals surface area contributed by atoms with Gasteiger partial charge in [0.05, 0.1) is 0 Å². The summed E-state index contributed by atoms with van der Waals surface area (Å²) in [5.74, 6) is 0.551. The molecule has 1 atom stereocenters. The Morgan fingerprint density at radius 1 is 0.660 bits per heavy atom. The van der Waals surface area contributed by atoms with Gasteiger partial charge in [0.2, 0.25) is 0 Å². The Morgan fingerprint density at radius 2 is 1.19 bits per heavy atom. The first-order valence-electron chi connectivity index (χ1n) is 16.9. The molecule has 0 radical (unpaired) electrons. The van der Waals surface area contributed by atoms with Crippen LogP contribution in [-0.2, 0) is 41.5 Å². The van der Waals surface area contributed by atoms with Crippen LogP contribution < -0.4 is 0 Å². The molecule has 0 heterocycles. The second-order valence-electron chi connectivity index (χ2n) is 14.7. The van der Waals surface area contributed by atoms with E-state index in [-0.39, 0.29) is 10.8 Å². The monoisotopic (exact) mass is 688 g/mol. The molecule has 4 aliphatic rings. The van der Waals surface area contributed by atoms with E-state index in [9.17, 15) is 0 Å². The molecule has 47 heavy (non-hydrogen) atoms. The number of rotatable bonds is 2. The number of hydrogen-bond acceptors (Lipinski definition) is 0. The molecule has 4 aliphatic carbocycles. The summed E-state index contributed by atoms with van der Waals surface area (Å²) in [6, 6.07) is 30.9. The van der Waals surface area contributed by atoms with E-state index < -0.39 is 0 Å². The summed E-state index contributed by atoms with van der Waals surface area (Å²) in [7, 11) is 0. The second kappa shape index (κ2) is 12.9. The summed E-state index contributed by atoms with van der Waals surface area (Å²) < 4.78 is 1.42. The zero-order valence-corrected chi connectivity index (χ0v) is 32.0. The number of allylic oxidation sites excluding steroid dienone is 8. The first-order valence-corrected chi connectivity index (χ1v) is 18.1. The Kier molecular flexibility index (Phi) is 9.19. The van der Waals surface area contributed by atoms with Crippen molar-refractivity contribution < 1.29 is 24.2 Å². The molecule has 0 amide bonds. The zero-order chi connectivity index (χ0) is 33.7. The van der Waals surface area contributed by atoms with Crippen LogP contribution >= 0.6 is 0 Å². The first kappa shape index (κ1) is 33.5. The molecule has 0 aromatic heterocycles. The molecule has 1 unspecified atom stereocenters. The molecule has 234 valence electrons. The van der Waals surface area contributed by atoms with Crippen molar-refractivity contribution in [2.24, 2.45) is 5.92 Å². The summed E-state index contributed by atoms with van der Waals surface area (Å²) in [6.45, 7) is 20.1. The van der Waals surface area contributed by atoms with Crippen LogP contribution in [-0.4, -0.2) is 3.21 Å². The third-order valence-corrected chi connectivity index (χ3v) is 11.5. The van der Waals surface area contributed by atoms with E-state index in [0.717, 1.165) is 6.42 Å². The zero-order valence-electron chi connectivity index (χ0n) is 29.5. The van der Waals surface area contributed by atoms with Crippen LogP contribution in [0.15, 0.2) is 108 Å². The minimum atomic E-state index is 0.0340. The molecule has 0 bridgehead atoms. The predicted molar refractivity (Wildman–Crippen MR) is 198 cm³/mol. The van der Waals surface area contributed by atoms with Gasteiger partial charge in [0.1, 0.15) is 0 Å². The molecule has 8 rings (SSSR count). The summed E-state index contributed by atoms with van der Waals surface area (Å²) in [4.78, 5) is 0. The van der Waals surface area contributed by atoms with Gasteiger partial charge in [-0.1, -0.05) is 78.0 Å². The van der Waals surface area contributed by atoms with Gasteiger partial charge < -0.3 is 0 Å². The van der Waals surface area contributed by atoms with Gasteiger partial charge in [-0.05, 0) is 58.4 Å². The molecule has 0 aliphatic heterocycles. The molecule has 1 heteroatoms. The first-order chi connectivity index (χ1) is 22.2. The predicted octanol–water partition coefficient (Wildman–Crippen LogP) is 11.6. The van der Waals surface area contributed by atoms with Gasteiger partial charge in [-0.25, -0.2) is 16.7 Å². The van der Waals surface area contributed by atoms with Crippen LogP contribution in [0.3, 0.4) is 0 Å². The van der Waals surface area contributed by atoms with E-state index in [1.807, 2.05) is 0 Å². The van der Waals surface area contributed by atoms with E-state index in [1.165, 1.54) is 105 Å². The molecule has 0 N–H and O–H groups in total. The van der Waals surface area contributed by atoms with Crippen LogP contribution in [0, 0.1) is 18.1 Å². The van der Waals surface area contributed by atoms with E-state index in [4.69, 9.17) is 0 Å². The Bertz CT molecular complexity index is 1850. The van der Waals surface area contributed by atoms with Crippen LogP contribution in [0.2, 0.25) is 0 Å². The van der Waals surface area contributed by atoms with Crippen molar-refractivity contribution in [1.82, 2.24) is 0 Å². The Balaban J connectivity index is 0.000000147. The number of hydrogen-bond donors (Lipinski definition) is 0. The van der Waals surface area contributed by atoms with Crippen molar-refractivity contribution in [3.63, 3.8) is 0 Å². The summed E-state index contributed by atoms with van der Waals surface area (Å²) in [6.07, 6.45) is 12.7. The fraction of sp³-hybridized carbons (Fsp3) is 0.283. The SMILES string of the molecule is CC1=[C-]C(C)(C)c2cc3c(cc21)-c1cc2c(cc1C3)C(C)(C)C=C2C.CC1=[C-]C(C)C=C1C.[Zr+2]=[C](c1ccccc1)c1ccccc1. The van der Waals surface area contributed by atoms with Crippen LogP contribution in [0.5, 0.6) is 0 Å². The molecule has 4 aromatic rings. The van der Waals surface area contributed by atoms with Gasteiger partial charge in [0.25, 0.3) is 0 Å². The molecule has 0 saturated heterocycles. The number of fused-ring (bicyclic) bond motifs is 5. The second-order valence-corrected chi connectivity index (χ2v) is 16.0. The normalized spacial score (nSPS) is 18.6. The molecular formula is C46H46Zr. The maximum atomic E-state index is 3.65. The molecule has 0 saturated carbocycles. The van der Waals surface area contributed by atoms with E-state index in [2.05, 4.69) is 172 Å². The van der Waals surface area contributed by atoms with Gasteiger partial charge in [-0.3, -0.25) is 12.2 Å². The Morgan fingerprint density at radius 3 is 1.68 bits per heavy atom. The summed E-state index contributed by atoms with van der Waals surface area (Å²) in [5.41, 5.74) is 19.9. The van der Waals surface area contributed by atoms with Crippen molar-refractivity contribution in [3.8, 4) is 11.1 Å². The Hall–Kier alpha value is -3.41. The molecular weight excluding hydrogens is 644 g/mol. The van der Waals surface area contributed by atoms with Crippen LogP contribution in [0.4, 0.5) is 0 Å². The Labute approximate surface area is 298 Å². The van der Waals surface area contributed by atoms with Crippen molar-refractivity contribution in [2.45, 2.75) is 79.6 Å². The van der Waals surface area contributed by atoms with Crippen LogP contribution in [0.1, 0.15) is 107 Å². The fourth-order valence-corrected chi connectivity index (χ4v) is 8.47. The maximum absolute atomic E-state index is 3.65. The average Bonchev–Trinajstić information content (AvgIpc) is 3.69. The van der Waals surface area contributed by atoms with Crippen molar-refractivity contribution >= 4 is 14.4 Å². The number of benzene rings is 4. The van der Waals surface area contributed by atoms with Crippen LogP contribution in [0.25, 0.3) is 22.3 Å². The summed E-state index contributed by atoms with van der Waals surface area (Å²) >= 11 is 1.46. The molecule has 0 nitrogen and oxygen atoms in total. The van der Waals surface area contributed by atoms with Gasteiger partial charge in [0, 0.05) is 5.41 Å². The van der Waals surface area contributed by atoms with Gasteiger partial charge in [-0.15, -0.1) is 18.6 Å². The topological polar surface area (TPSA) is 0 Å². The van der Waals surface area contributed by atoms with Crippen molar-refractivity contribution in [1.29, 1.82) is 0 Å². The third-order valence-electron chi connectivity index (χ3n) is 10.1. The van der Waals surface area contributed by atoms with E-state index >= 15 is 0 Å². The molecule has 0 fully saturated rings. The van der Waals surface area contributed by atoms with E-state index in [1.54, 1.807) is 0 Å². The fourth-order valence-electron chi connectivity index (χ4n) is 7.65. The third kappa shape index (κ3) is 6.67. The standard InChI is InChI=1S/C25H25.C13H10.C8H11.Zr/c1-14-12-24(3,4)22-8-16-7-17-9-23-19(15(2)13-25(23,5)6)11-21(17)20(16)10-18(14)22;1-3-7-12(8-4-1)11-13-9-5-2-6-10-13;1-6-4-7(2)8(3)5-6;/h8-12H,7H2,1-6H3;1-10H;4,6H,1-3H3;/q-1;;-1;+2. The summed E-state index contributed by atoms with van der Waals surface area (Å²) in [5, 5.41) is 0. The van der Waals surface area contributed by atoms with Crippen molar-refractivity contribution in [2.75, 3.05) is 0 Å². The van der Waals surface area contributed by atoms with Gasteiger partial charge in [-0.2, -0.15) is 11.6 Å². The molecule has 4 aromatic carbocycles. The average molecular weight is 690 g/mol.